The molecule has 1 aromatic carbocycles. The van der Waals surface area contributed by atoms with Gasteiger partial charge in [0.2, 0.25) is 5.88 Å². The third kappa shape index (κ3) is 3.92. The Morgan fingerprint density at radius 1 is 1.25 bits per heavy atom. The normalized spacial score (nSPS) is 15.4. The number of aryl methyl sites for hydroxylation is 2. The standard InChI is InChI=1S/C25H27N5O2/c1-16(2)18-5-7-19(8-6-18)22-20(14-26)24(27)32-21-13-17(3)30(25(31)23(21)22)11-4-10-29-12-9-28-15-29/h5-9,12-13,15-16,22H,4,10-11,27H2,1-3H3. The lowest BCUT2D eigenvalue weighted by atomic mass is 9.83. The molecule has 0 saturated heterocycles. The number of fused-ring (bicyclic) bond motifs is 1. The van der Waals surface area contributed by atoms with Gasteiger partial charge >= 0.3 is 0 Å². The minimum Gasteiger partial charge on any atom is -0.440 e. The maximum Gasteiger partial charge on any atom is 0.258 e. The Labute approximate surface area is 187 Å². The molecular formula is C25H27N5O2. The Balaban J connectivity index is 1.76. The third-order valence-corrected chi connectivity index (χ3v) is 5.98. The van der Waals surface area contributed by atoms with E-state index in [1.54, 1.807) is 17.1 Å². The summed E-state index contributed by atoms with van der Waals surface area (Å²) in [6.45, 7) is 7.45. The van der Waals surface area contributed by atoms with Crippen LogP contribution in [0.2, 0.25) is 0 Å². The van der Waals surface area contributed by atoms with Crippen LogP contribution in [0.3, 0.4) is 0 Å². The number of nitrogens with zero attached hydrogens (tertiary/aromatic N) is 4. The molecule has 0 fully saturated rings. The van der Waals surface area contributed by atoms with Crippen LogP contribution in [0.1, 0.15) is 54.5 Å². The number of hydrogen-bond acceptors (Lipinski definition) is 5. The van der Waals surface area contributed by atoms with Crippen LogP contribution in [-0.4, -0.2) is 14.1 Å². The Morgan fingerprint density at radius 2 is 2.00 bits per heavy atom. The molecule has 0 saturated carbocycles. The zero-order valence-electron chi connectivity index (χ0n) is 18.6. The summed E-state index contributed by atoms with van der Waals surface area (Å²) in [5, 5.41) is 9.84. The van der Waals surface area contributed by atoms with Crippen LogP contribution in [0, 0.1) is 18.3 Å². The van der Waals surface area contributed by atoms with E-state index >= 15 is 0 Å². The fraction of sp³-hybridized carbons (Fsp3) is 0.320. The number of pyridine rings is 1. The van der Waals surface area contributed by atoms with Gasteiger partial charge in [-0.2, -0.15) is 5.26 Å². The lowest BCUT2D eigenvalue weighted by Crippen LogP contribution is -2.33. The van der Waals surface area contributed by atoms with Crippen molar-refractivity contribution in [3.63, 3.8) is 0 Å². The first-order valence-electron chi connectivity index (χ1n) is 10.8. The van der Waals surface area contributed by atoms with E-state index in [0.29, 0.717) is 23.8 Å². The van der Waals surface area contributed by atoms with E-state index in [1.807, 2.05) is 48.0 Å². The lowest BCUT2D eigenvalue weighted by molar-refractivity contribution is 0.387. The van der Waals surface area contributed by atoms with Crippen molar-refractivity contribution in [1.29, 1.82) is 5.26 Å². The van der Waals surface area contributed by atoms with Gasteiger partial charge in [-0.05, 0) is 30.4 Å². The molecule has 1 atom stereocenters. The van der Waals surface area contributed by atoms with Crippen molar-refractivity contribution in [2.75, 3.05) is 0 Å². The molecule has 164 valence electrons. The number of ether oxygens (including phenoxy) is 1. The predicted molar refractivity (Wildman–Crippen MR) is 122 cm³/mol. The van der Waals surface area contributed by atoms with Gasteiger partial charge in [0.05, 0.1) is 17.8 Å². The summed E-state index contributed by atoms with van der Waals surface area (Å²) in [4.78, 5) is 17.7. The number of nitrogens with two attached hydrogens (primary N) is 1. The van der Waals surface area contributed by atoms with Gasteiger partial charge in [-0.3, -0.25) is 4.79 Å². The zero-order valence-corrected chi connectivity index (χ0v) is 18.6. The molecule has 7 heteroatoms. The van der Waals surface area contributed by atoms with Crippen molar-refractivity contribution in [2.45, 2.75) is 52.1 Å². The number of hydrogen-bond donors (Lipinski definition) is 1. The second kappa shape index (κ2) is 8.75. The molecule has 3 heterocycles. The van der Waals surface area contributed by atoms with Crippen molar-refractivity contribution >= 4 is 0 Å². The van der Waals surface area contributed by atoms with Crippen molar-refractivity contribution < 1.29 is 4.74 Å². The minimum atomic E-state index is -0.557. The first-order valence-corrected chi connectivity index (χ1v) is 10.8. The van der Waals surface area contributed by atoms with Gasteiger partial charge < -0.3 is 19.6 Å². The van der Waals surface area contributed by atoms with E-state index in [0.717, 1.165) is 24.2 Å². The van der Waals surface area contributed by atoms with Crippen LogP contribution in [0.5, 0.6) is 5.75 Å². The topological polar surface area (TPSA) is 98.9 Å². The van der Waals surface area contributed by atoms with Gasteiger partial charge in [0.1, 0.15) is 17.4 Å². The van der Waals surface area contributed by atoms with Crippen molar-refractivity contribution in [3.05, 3.63) is 93.2 Å². The van der Waals surface area contributed by atoms with E-state index in [1.165, 1.54) is 5.56 Å². The molecule has 1 aliphatic rings. The van der Waals surface area contributed by atoms with Crippen LogP contribution < -0.4 is 16.0 Å². The molecule has 4 rings (SSSR count). The molecule has 0 radical (unpaired) electrons. The Bertz CT molecular complexity index is 1250. The van der Waals surface area contributed by atoms with Crippen LogP contribution >= 0.6 is 0 Å². The molecule has 7 nitrogen and oxygen atoms in total. The highest BCUT2D eigenvalue weighted by molar-refractivity contribution is 5.55. The average molecular weight is 430 g/mol. The fourth-order valence-corrected chi connectivity index (χ4v) is 4.20. The first kappa shape index (κ1) is 21.4. The first-order chi connectivity index (χ1) is 15.4. The van der Waals surface area contributed by atoms with E-state index in [9.17, 15) is 10.1 Å². The van der Waals surface area contributed by atoms with Crippen molar-refractivity contribution in [1.82, 2.24) is 14.1 Å². The molecule has 1 aliphatic heterocycles. The molecule has 0 aliphatic carbocycles. The number of nitriles is 1. The monoisotopic (exact) mass is 429 g/mol. The van der Waals surface area contributed by atoms with E-state index in [4.69, 9.17) is 10.5 Å². The predicted octanol–water partition coefficient (Wildman–Crippen LogP) is 3.79. The SMILES string of the molecule is Cc1cc2c(c(=O)n1CCCn1ccnc1)C(c1ccc(C(C)C)cc1)C(C#N)=C(N)O2. The summed E-state index contributed by atoms with van der Waals surface area (Å²) in [6, 6.07) is 12.0. The highest BCUT2D eigenvalue weighted by Crippen LogP contribution is 2.40. The molecule has 2 N–H and O–H groups in total. The summed E-state index contributed by atoms with van der Waals surface area (Å²) in [5.74, 6) is 0.304. The Kier molecular flexibility index (Phi) is 5.87. The highest BCUT2D eigenvalue weighted by atomic mass is 16.5. The van der Waals surface area contributed by atoms with Gasteiger partial charge in [-0.1, -0.05) is 38.1 Å². The van der Waals surface area contributed by atoms with Gasteiger partial charge in [-0.25, -0.2) is 4.98 Å². The summed E-state index contributed by atoms with van der Waals surface area (Å²) < 4.78 is 9.48. The van der Waals surface area contributed by atoms with E-state index < -0.39 is 5.92 Å². The molecule has 3 aromatic rings. The summed E-state index contributed by atoms with van der Waals surface area (Å²) in [7, 11) is 0. The van der Waals surface area contributed by atoms with Crippen LogP contribution in [0.25, 0.3) is 0 Å². The van der Waals surface area contributed by atoms with Crippen LogP contribution in [0.15, 0.2) is 65.3 Å². The Morgan fingerprint density at radius 3 is 2.62 bits per heavy atom. The molecule has 0 amide bonds. The summed E-state index contributed by atoms with van der Waals surface area (Å²) in [6.07, 6.45) is 6.18. The molecular weight excluding hydrogens is 402 g/mol. The minimum absolute atomic E-state index is 0.0505. The zero-order chi connectivity index (χ0) is 22.8. The largest absolute Gasteiger partial charge is 0.440 e. The number of allylic oxidation sites excluding steroid dienone is 1. The van der Waals surface area contributed by atoms with Crippen molar-refractivity contribution in [2.24, 2.45) is 5.73 Å². The maximum absolute atomic E-state index is 13.6. The fourth-order valence-electron chi connectivity index (χ4n) is 4.20. The number of rotatable bonds is 6. The molecule has 32 heavy (non-hydrogen) atoms. The number of benzene rings is 1. The van der Waals surface area contributed by atoms with E-state index in [2.05, 4.69) is 24.9 Å². The smallest absolute Gasteiger partial charge is 0.258 e. The van der Waals surface area contributed by atoms with Gasteiger partial charge in [0.15, 0.2) is 0 Å². The number of aromatic nitrogens is 3. The Hall–Kier alpha value is -3.79. The van der Waals surface area contributed by atoms with Gasteiger partial charge in [0, 0.05) is 37.2 Å². The third-order valence-electron chi connectivity index (χ3n) is 5.98. The molecule has 0 bridgehead atoms. The maximum atomic E-state index is 13.6. The van der Waals surface area contributed by atoms with Crippen LogP contribution in [-0.2, 0) is 13.1 Å². The van der Waals surface area contributed by atoms with E-state index in [-0.39, 0.29) is 17.0 Å². The highest BCUT2D eigenvalue weighted by Gasteiger charge is 2.34. The summed E-state index contributed by atoms with van der Waals surface area (Å²) in [5.41, 5.74) is 9.51. The van der Waals surface area contributed by atoms with Gasteiger partial charge in [-0.15, -0.1) is 0 Å². The lowest BCUT2D eigenvalue weighted by Gasteiger charge is -2.27. The molecule has 2 aromatic heterocycles. The van der Waals surface area contributed by atoms with Gasteiger partial charge in [0.25, 0.3) is 5.56 Å². The molecule has 0 spiro atoms. The van der Waals surface area contributed by atoms with Crippen molar-refractivity contribution in [3.8, 4) is 11.8 Å². The van der Waals surface area contributed by atoms with Crippen LogP contribution in [0.4, 0.5) is 0 Å². The summed E-state index contributed by atoms with van der Waals surface area (Å²) >= 11 is 0. The molecule has 1 unspecified atom stereocenters. The second-order valence-corrected chi connectivity index (χ2v) is 8.42. The average Bonchev–Trinajstić information content (AvgIpc) is 3.28. The quantitative estimate of drug-likeness (QED) is 0.643. The number of imidazole rings is 1. The second-order valence-electron chi connectivity index (χ2n) is 8.42.